The molecule has 2 aromatic heterocycles. The van der Waals surface area contributed by atoms with Crippen LogP contribution in [0.3, 0.4) is 0 Å². The average molecular weight is 365 g/mol. The number of esters is 1. The van der Waals surface area contributed by atoms with Gasteiger partial charge in [-0.15, -0.1) is 11.3 Å². The van der Waals surface area contributed by atoms with E-state index in [9.17, 15) is 14.4 Å². The van der Waals surface area contributed by atoms with E-state index in [-0.39, 0.29) is 18.0 Å². The van der Waals surface area contributed by atoms with Crippen LogP contribution < -0.4 is 10.9 Å². The number of nitrogens with one attached hydrogen (secondary N) is 1. The maximum Gasteiger partial charge on any atom is 0.328 e. The Morgan fingerprint density at radius 2 is 2.08 bits per heavy atom. The SMILES string of the molecule is CC[C@H](C)[C@@H](NC(=O)Cn1cnc2sc(C)c(C)c2c1=O)C(=O)OC. The number of nitrogens with zero attached hydrogens (tertiary/aromatic N) is 2. The molecule has 0 saturated heterocycles. The minimum Gasteiger partial charge on any atom is -0.467 e. The first-order chi connectivity index (χ1) is 11.8. The van der Waals surface area contributed by atoms with E-state index in [1.54, 1.807) is 0 Å². The molecule has 2 atom stereocenters. The topological polar surface area (TPSA) is 90.3 Å². The van der Waals surface area contributed by atoms with Crippen molar-refractivity contribution in [2.45, 2.75) is 46.7 Å². The Morgan fingerprint density at radius 1 is 1.40 bits per heavy atom. The Bertz CT molecular complexity index is 855. The predicted molar refractivity (Wildman–Crippen MR) is 96.8 cm³/mol. The van der Waals surface area contributed by atoms with Gasteiger partial charge in [-0.3, -0.25) is 14.2 Å². The van der Waals surface area contributed by atoms with Crippen molar-refractivity contribution in [3.05, 3.63) is 27.1 Å². The van der Waals surface area contributed by atoms with Crippen molar-refractivity contribution < 1.29 is 14.3 Å². The van der Waals surface area contributed by atoms with Gasteiger partial charge in [-0.05, 0) is 25.3 Å². The van der Waals surface area contributed by atoms with Gasteiger partial charge in [-0.2, -0.15) is 0 Å². The van der Waals surface area contributed by atoms with Crippen LogP contribution in [0.2, 0.25) is 0 Å². The highest BCUT2D eigenvalue weighted by atomic mass is 32.1. The van der Waals surface area contributed by atoms with Crippen LogP contribution in [0.25, 0.3) is 10.2 Å². The number of carbonyl (C=O) groups excluding carboxylic acids is 2. The summed E-state index contributed by atoms with van der Waals surface area (Å²) in [5.41, 5.74) is 0.638. The molecule has 0 aliphatic carbocycles. The Hall–Kier alpha value is -2.22. The molecule has 2 heterocycles. The molecule has 8 heteroatoms. The number of hydrogen-bond donors (Lipinski definition) is 1. The maximum atomic E-state index is 12.6. The van der Waals surface area contributed by atoms with Crippen LogP contribution in [-0.4, -0.2) is 34.6 Å². The Balaban J connectivity index is 2.24. The molecular formula is C17H23N3O4S. The number of ether oxygens (including phenoxy) is 1. The van der Waals surface area contributed by atoms with E-state index in [0.29, 0.717) is 16.6 Å². The van der Waals surface area contributed by atoms with Crippen LogP contribution in [0.5, 0.6) is 0 Å². The van der Waals surface area contributed by atoms with E-state index in [1.165, 1.54) is 29.3 Å². The summed E-state index contributed by atoms with van der Waals surface area (Å²) >= 11 is 1.46. The highest BCUT2D eigenvalue weighted by Gasteiger charge is 2.26. The fourth-order valence-electron chi connectivity index (χ4n) is 2.55. The van der Waals surface area contributed by atoms with Crippen LogP contribution in [0.1, 0.15) is 30.7 Å². The molecule has 0 radical (unpaired) electrons. The first-order valence-electron chi connectivity index (χ1n) is 8.12. The molecule has 136 valence electrons. The molecule has 25 heavy (non-hydrogen) atoms. The number of hydrogen-bond acceptors (Lipinski definition) is 6. The smallest absolute Gasteiger partial charge is 0.328 e. The van der Waals surface area contributed by atoms with Gasteiger partial charge < -0.3 is 10.1 Å². The Labute approximate surface area is 150 Å². The Morgan fingerprint density at radius 3 is 2.68 bits per heavy atom. The van der Waals surface area contributed by atoms with E-state index >= 15 is 0 Å². The van der Waals surface area contributed by atoms with Crippen LogP contribution >= 0.6 is 11.3 Å². The summed E-state index contributed by atoms with van der Waals surface area (Å²) in [6, 6.07) is -0.736. The van der Waals surface area contributed by atoms with E-state index in [0.717, 1.165) is 10.4 Å². The first kappa shape index (κ1) is 19.1. The lowest BCUT2D eigenvalue weighted by Crippen LogP contribution is -2.47. The third kappa shape index (κ3) is 3.89. The van der Waals surface area contributed by atoms with Crippen molar-refractivity contribution in [3.8, 4) is 0 Å². The monoisotopic (exact) mass is 365 g/mol. The molecule has 0 aliphatic heterocycles. The molecule has 0 fully saturated rings. The fraction of sp³-hybridized carbons (Fsp3) is 0.529. The molecule has 0 spiro atoms. The van der Waals surface area contributed by atoms with Crippen molar-refractivity contribution in [1.29, 1.82) is 0 Å². The van der Waals surface area contributed by atoms with Crippen molar-refractivity contribution >= 4 is 33.4 Å². The van der Waals surface area contributed by atoms with Crippen LogP contribution in [0.15, 0.2) is 11.1 Å². The third-order valence-electron chi connectivity index (χ3n) is 4.45. The van der Waals surface area contributed by atoms with E-state index in [1.807, 2.05) is 27.7 Å². The van der Waals surface area contributed by atoms with Crippen LogP contribution in [0, 0.1) is 19.8 Å². The van der Waals surface area contributed by atoms with Gasteiger partial charge in [0, 0.05) is 4.88 Å². The molecular weight excluding hydrogens is 342 g/mol. The minimum atomic E-state index is -0.736. The summed E-state index contributed by atoms with van der Waals surface area (Å²) in [6.45, 7) is 7.40. The lowest BCUT2D eigenvalue weighted by Gasteiger charge is -2.21. The van der Waals surface area contributed by atoms with E-state index < -0.39 is 17.9 Å². The van der Waals surface area contributed by atoms with Gasteiger partial charge in [0.15, 0.2) is 0 Å². The lowest BCUT2D eigenvalue weighted by atomic mass is 9.99. The number of thiophene rings is 1. The summed E-state index contributed by atoms with van der Waals surface area (Å²) in [5.74, 6) is -0.994. The van der Waals surface area contributed by atoms with Crippen molar-refractivity contribution in [2.75, 3.05) is 7.11 Å². The van der Waals surface area contributed by atoms with Crippen molar-refractivity contribution in [3.63, 3.8) is 0 Å². The summed E-state index contributed by atoms with van der Waals surface area (Å²) in [6.07, 6.45) is 2.08. The first-order valence-corrected chi connectivity index (χ1v) is 8.94. The predicted octanol–water partition coefficient (Wildman–Crippen LogP) is 1.78. The molecule has 0 saturated carbocycles. The molecule has 1 N–H and O–H groups in total. The van der Waals surface area contributed by atoms with Gasteiger partial charge in [-0.25, -0.2) is 9.78 Å². The summed E-state index contributed by atoms with van der Waals surface area (Å²) in [4.78, 5) is 42.8. The second-order valence-electron chi connectivity index (χ2n) is 6.09. The van der Waals surface area contributed by atoms with Crippen LogP contribution in [0.4, 0.5) is 0 Å². The fourth-order valence-corrected chi connectivity index (χ4v) is 3.54. The van der Waals surface area contributed by atoms with Crippen LogP contribution in [-0.2, 0) is 20.9 Å². The molecule has 0 aromatic carbocycles. The zero-order valence-electron chi connectivity index (χ0n) is 15.1. The number of rotatable bonds is 6. The van der Waals surface area contributed by atoms with E-state index in [4.69, 9.17) is 4.74 Å². The number of fused-ring (bicyclic) bond motifs is 1. The maximum absolute atomic E-state index is 12.6. The third-order valence-corrected chi connectivity index (χ3v) is 5.57. The standard InChI is InChI=1S/C17H23N3O4S/c1-6-9(2)14(17(23)24-5)19-12(21)7-20-8-18-15-13(16(20)22)10(3)11(4)25-15/h8-9,14H,6-7H2,1-5H3,(H,19,21)/t9-,14+/m0/s1. The molecule has 7 nitrogen and oxygen atoms in total. The number of aromatic nitrogens is 2. The summed E-state index contributed by atoms with van der Waals surface area (Å²) in [7, 11) is 1.29. The van der Waals surface area contributed by atoms with Gasteiger partial charge >= 0.3 is 5.97 Å². The van der Waals surface area contributed by atoms with E-state index in [2.05, 4.69) is 10.3 Å². The molecule has 0 bridgehead atoms. The van der Waals surface area contributed by atoms with Crippen molar-refractivity contribution in [1.82, 2.24) is 14.9 Å². The molecule has 2 aromatic rings. The van der Waals surface area contributed by atoms with Gasteiger partial charge in [-0.1, -0.05) is 20.3 Å². The number of aryl methyl sites for hydroxylation is 2. The summed E-state index contributed by atoms with van der Waals surface area (Å²) in [5, 5.41) is 3.21. The molecule has 1 amide bonds. The zero-order valence-corrected chi connectivity index (χ0v) is 15.9. The second kappa shape index (κ2) is 7.77. The second-order valence-corrected chi connectivity index (χ2v) is 7.30. The quantitative estimate of drug-likeness (QED) is 0.788. The lowest BCUT2D eigenvalue weighted by molar-refractivity contribution is -0.146. The largest absolute Gasteiger partial charge is 0.467 e. The Kier molecular flexibility index (Phi) is 5.94. The molecule has 0 aliphatic rings. The molecule has 2 rings (SSSR count). The van der Waals surface area contributed by atoms with Crippen molar-refractivity contribution in [2.24, 2.45) is 5.92 Å². The number of amides is 1. The normalized spacial score (nSPS) is 13.5. The minimum absolute atomic E-state index is 0.0736. The van der Waals surface area contributed by atoms with Gasteiger partial charge in [0.1, 0.15) is 17.4 Å². The highest BCUT2D eigenvalue weighted by Crippen LogP contribution is 2.25. The van der Waals surface area contributed by atoms with Gasteiger partial charge in [0.2, 0.25) is 5.91 Å². The van der Waals surface area contributed by atoms with Gasteiger partial charge in [0.05, 0.1) is 18.8 Å². The average Bonchev–Trinajstić information content (AvgIpc) is 2.89. The number of carbonyl (C=O) groups is 2. The summed E-state index contributed by atoms with van der Waals surface area (Å²) < 4.78 is 6.02. The number of methoxy groups -OCH3 is 1. The highest BCUT2D eigenvalue weighted by molar-refractivity contribution is 7.18. The van der Waals surface area contributed by atoms with Gasteiger partial charge in [0.25, 0.3) is 5.56 Å². The molecule has 0 unspecified atom stereocenters. The zero-order chi connectivity index (χ0) is 18.7.